The average molecular weight is 421 g/mol. The van der Waals surface area contributed by atoms with Crippen molar-refractivity contribution >= 4 is 21.6 Å². The number of sulfonamides is 1. The lowest BCUT2D eigenvalue weighted by atomic mass is 10.1. The number of nitrogens with one attached hydrogen (secondary N) is 1. The molecule has 7 nitrogen and oxygen atoms in total. The monoisotopic (exact) mass is 420 g/mol. The molecule has 0 atom stereocenters. The summed E-state index contributed by atoms with van der Waals surface area (Å²) in [5, 5.41) is 2.83. The van der Waals surface area contributed by atoms with Crippen LogP contribution in [0, 0.1) is 0 Å². The van der Waals surface area contributed by atoms with Crippen LogP contribution in [0.4, 0.5) is 5.69 Å². The minimum Gasteiger partial charge on any atom is -0.494 e. The van der Waals surface area contributed by atoms with Gasteiger partial charge in [0.15, 0.2) is 6.61 Å². The Morgan fingerprint density at radius 2 is 1.59 bits per heavy atom. The van der Waals surface area contributed by atoms with Crippen LogP contribution in [-0.4, -0.2) is 47.4 Å². The third-order valence-electron chi connectivity index (χ3n) is 4.27. The first kappa shape index (κ1) is 22.5. The van der Waals surface area contributed by atoms with Gasteiger partial charge in [0, 0.05) is 13.6 Å². The molecule has 0 aliphatic heterocycles. The van der Waals surface area contributed by atoms with Crippen molar-refractivity contribution in [1.29, 1.82) is 0 Å². The van der Waals surface area contributed by atoms with Crippen molar-refractivity contribution in [1.82, 2.24) is 5.32 Å². The molecule has 0 bridgehead atoms. The van der Waals surface area contributed by atoms with Gasteiger partial charge in [0.1, 0.15) is 11.5 Å². The van der Waals surface area contributed by atoms with Gasteiger partial charge in [0.2, 0.25) is 10.0 Å². The van der Waals surface area contributed by atoms with Crippen molar-refractivity contribution in [3.8, 4) is 11.5 Å². The van der Waals surface area contributed by atoms with E-state index in [4.69, 9.17) is 9.47 Å². The molecular weight excluding hydrogens is 392 g/mol. The van der Waals surface area contributed by atoms with Crippen molar-refractivity contribution in [3.63, 3.8) is 0 Å². The van der Waals surface area contributed by atoms with Gasteiger partial charge in [0.05, 0.1) is 18.6 Å². The molecule has 0 aromatic heterocycles. The van der Waals surface area contributed by atoms with Crippen LogP contribution in [0.25, 0.3) is 0 Å². The second-order valence-corrected chi connectivity index (χ2v) is 8.56. The van der Waals surface area contributed by atoms with Crippen molar-refractivity contribution in [3.05, 3.63) is 54.1 Å². The Balaban J connectivity index is 1.68. The molecule has 0 spiro atoms. The van der Waals surface area contributed by atoms with Gasteiger partial charge in [-0.1, -0.05) is 12.1 Å². The van der Waals surface area contributed by atoms with Gasteiger partial charge in [-0.3, -0.25) is 9.10 Å². The molecule has 1 amide bonds. The highest BCUT2D eigenvalue weighted by molar-refractivity contribution is 7.92. The lowest BCUT2D eigenvalue weighted by molar-refractivity contribution is -0.123. The Morgan fingerprint density at radius 1 is 1.00 bits per heavy atom. The SMILES string of the molecule is CCOc1ccc(CCCNC(=O)COc2ccc(N(C)S(C)(=O)=O)cc2)cc1. The van der Waals surface area contributed by atoms with Gasteiger partial charge < -0.3 is 14.8 Å². The first-order valence-electron chi connectivity index (χ1n) is 9.45. The fourth-order valence-electron chi connectivity index (χ4n) is 2.58. The van der Waals surface area contributed by atoms with Crippen LogP contribution in [0.15, 0.2) is 48.5 Å². The molecule has 0 saturated carbocycles. The van der Waals surface area contributed by atoms with Gasteiger partial charge in [-0.2, -0.15) is 0 Å². The smallest absolute Gasteiger partial charge is 0.257 e. The molecule has 1 N–H and O–H groups in total. The third-order valence-corrected chi connectivity index (χ3v) is 5.47. The van der Waals surface area contributed by atoms with Crippen LogP contribution in [0.2, 0.25) is 0 Å². The zero-order valence-electron chi connectivity index (χ0n) is 17.1. The van der Waals surface area contributed by atoms with Crippen LogP contribution in [0.1, 0.15) is 18.9 Å². The topological polar surface area (TPSA) is 84.9 Å². The summed E-state index contributed by atoms with van der Waals surface area (Å²) in [4.78, 5) is 11.9. The molecule has 2 aromatic carbocycles. The second-order valence-electron chi connectivity index (χ2n) is 6.54. The summed E-state index contributed by atoms with van der Waals surface area (Å²) < 4.78 is 35.1. The molecule has 2 rings (SSSR count). The number of carbonyl (C=O) groups is 1. The predicted octanol–water partition coefficient (Wildman–Crippen LogP) is 2.61. The summed E-state index contributed by atoms with van der Waals surface area (Å²) >= 11 is 0. The first-order valence-corrected chi connectivity index (χ1v) is 11.3. The van der Waals surface area contributed by atoms with Crippen LogP contribution in [0.3, 0.4) is 0 Å². The summed E-state index contributed by atoms with van der Waals surface area (Å²) in [6.07, 6.45) is 2.83. The van der Waals surface area contributed by atoms with Crippen molar-refractivity contribution < 1.29 is 22.7 Å². The molecule has 8 heteroatoms. The third kappa shape index (κ3) is 7.65. The Bertz CT molecular complexity index is 880. The van der Waals surface area contributed by atoms with E-state index in [9.17, 15) is 13.2 Å². The minimum absolute atomic E-state index is 0.0929. The fraction of sp³-hybridized carbons (Fsp3) is 0.381. The molecular formula is C21H28N2O5S. The van der Waals surface area contributed by atoms with E-state index in [2.05, 4.69) is 5.32 Å². The van der Waals surface area contributed by atoms with Crippen LogP contribution in [-0.2, 0) is 21.2 Å². The Labute approximate surface area is 172 Å². The number of nitrogens with zero attached hydrogens (tertiary/aromatic N) is 1. The van der Waals surface area contributed by atoms with E-state index < -0.39 is 10.0 Å². The van der Waals surface area contributed by atoms with Crippen molar-refractivity contribution in [2.45, 2.75) is 19.8 Å². The predicted molar refractivity (Wildman–Crippen MR) is 114 cm³/mol. The molecule has 0 radical (unpaired) electrons. The summed E-state index contributed by atoms with van der Waals surface area (Å²) in [7, 11) is -1.83. The van der Waals surface area contributed by atoms with Crippen LogP contribution in [0.5, 0.6) is 11.5 Å². The maximum atomic E-state index is 11.9. The number of hydrogen-bond donors (Lipinski definition) is 1. The minimum atomic E-state index is -3.31. The number of ether oxygens (including phenoxy) is 2. The molecule has 29 heavy (non-hydrogen) atoms. The maximum Gasteiger partial charge on any atom is 0.257 e. The number of rotatable bonds is 11. The molecule has 158 valence electrons. The van der Waals surface area contributed by atoms with E-state index in [0.717, 1.165) is 24.8 Å². The maximum absolute atomic E-state index is 11.9. The molecule has 0 heterocycles. The van der Waals surface area contributed by atoms with Gasteiger partial charge >= 0.3 is 0 Å². The van der Waals surface area contributed by atoms with Gasteiger partial charge in [0.25, 0.3) is 5.91 Å². The number of amides is 1. The van der Waals surface area contributed by atoms with Crippen molar-refractivity contribution in [2.24, 2.45) is 0 Å². The lowest BCUT2D eigenvalue weighted by Crippen LogP contribution is -2.30. The summed E-state index contributed by atoms with van der Waals surface area (Å²) in [6.45, 7) is 3.07. The Kier molecular flexibility index (Phi) is 8.33. The highest BCUT2D eigenvalue weighted by atomic mass is 32.2. The molecule has 0 saturated heterocycles. The van der Waals surface area contributed by atoms with Gasteiger partial charge in [-0.15, -0.1) is 0 Å². The molecule has 0 aliphatic carbocycles. The number of anilines is 1. The lowest BCUT2D eigenvalue weighted by Gasteiger charge is -2.16. The zero-order chi connectivity index (χ0) is 21.3. The van der Waals surface area contributed by atoms with E-state index in [1.807, 2.05) is 31.2 Å². The van der Waals surface area contributed by atoms with Gasteiger partial charge in [-0.25, -0.2) is 8.42 Å². The number of carbonyl (C=O) groups excluding carboxylic acids is 1. The molecule has 2 aromatic rings. The Morgan fingerprint density at radius 3 is 2.17 bits per heavy atom. The largest absolute Gasteiger partial charge is 0.494 e. The van der Waals surface area contributed by atoms with E-state index >= 15 is 0 Å². The molecule has 0 unspecified atom stereocenters. The van der Waals surface area contributed by atoms with E-state index in [0.29, 0.717) is 24.6 Å². The molecule has 0 aliphatic rings. The summed E-state index contributed by atoms with van der Waals surface area (Å²) in [5.74, 6) is 1.16. The normalized spacial score (nSPS) is 11.0. The zero-order valence-corrected chi connectivity index (χ0v) is 17.9. The number of aryl methyl sites for hydroxylation is 1. The summed E-state index contributed by atoms with van der Waals surface area (Å²) in [5.41, 5.74) is 1.72. The van der Waals surface area contributed by atoms with E-state index in [-0.39, 0.29) is 12.5 Å². The van der Waals surface area contributed by atoms with Crippen LogP contribution < -0.4 is 19.1 Å². The fourth-order valence-corrected chi connectivity index (χ4v) is 3.09. The van der Waals surface area contributed by atoms with Gasteiger partial charge in [-0.05, 0) is 61.7 Å². The summed E-state index contributed by atoms with van der Waals surface area (Å²) in [6, 6.07) is 14.5. The van der Waals surface area contributed by atoms with Crippen molar-refractivity contribution in [2.75, 3.05) is 37.4 Å². The van der Waals surface area contributed by atoms with E-state index in [1.165, 1.54) is 16.9 Å². The average Bonchev–Trinajstić information content (AvgIpc) is 2.70. The molecule has 0 fully saturated rings. The van der Waals surface area contributed by atoms with E-state index in [1.54, 1.807) is 24.3 Å². The number of hydrogen-bond acceptors (Lipinski definition) is 5. The quantitative estimate of drug-likeness (QED) is 0.565. The number of benzene rings is 2. The standard InChI is InChI=1S/C21H28N2O5S/c1-4-27-19-11-7-17(8-12-19)6-5-15-22-21(24)16-28-20-13-9-18(10-14-20)23(2)29(3,25)26/h7-14H,4-6,15-16H2,1-3H3,(H,22,24). The van der Waals surface area contributed by atoms with Crippen LogP contribution >= 0.6 is 0 Å². The second kappa shape index (κ2) is 10.7. The first-order chi connectivity index (χ1) is 13.8. The Hall–Kier alpha value is -2.74. The highest BCUT2D eigenvalue weighted by Gasteiger charge is 2.11. The highest BCUT2D eigenvalue weighted by Crippen LogP contribution is 2.20.